The van der Waals surface area contributed by atoms with Gasteiger partial charge in [0.25, 0.3) is 0 Å². The summed E-state index contributed by atoms with van der Waals surface area (Å²) in [5.41, 5.74) is 8.46. The zero-order valence-corrected chi connectivity index (χ0v) is 15.1. The van der Waals surface area contributed by atoms with Gasteiger partial charge in [-0.3, -0.25) is 0 Å². The number of urea groups is 1. The van der Waals surface area contributed by atoms with Crippen LogP contribution in [-0.4, -0.2) is 36.8 Å². The lowest BCUT2D eigenvalue weighted by atomic mass is 9.82. The lowest BCUT2D eigenvalue weighted by Gasteiger charge is -2.41. The third-order valence-electron chi connectivity index (χ3n) is 5.92. The van der Waals surface area contributed by atoms with Gasteiger partial charge in [0.05, 0.1) is 13.7 Å². The summed E-state index contributed by atoms with van der Waals surface area (Å²) in [5.74, 6) is 0.835. The van der Waals surface area contributed by atoms with Crippen LogP contribution in [0.25, 0.3) is 0 Å². The molecule has 5 heteroatoms. The molecule has 1 unspecified atom stereocenters. The van der Waals surface area contributed by atoms with Gasteiger partial charge in [0.2, 0.25) is 0 Å². The standard InChI is InChI=1S/C21H25N3O2/c1-26-18-9-7-16(8-10-18)11-14-24-19(25)23-15-21(24,22)20(12-13-20)17-5-3-2-4-6-17/h2-10H,11-15,22H2,1H3,(H,23,25). The van der Waals surface area contributed by atoms with E-state index in [9.17, 15) is 4.79 Å². The van der Waals surface area contributed by atoms with E-state index in [0.717, 1.165) is 30.6 Å². The van der Waals surface area contributed by atoms with Crippen molar-refractivity contribution in [2.75, 3.05) is 20.2 Å². The minimum absolute atomic E-state index is 0.0665. The molecule has 0 spiro atoms. The molecule has 1 atom stereocenters. The minimum atomic E-state index is -0.683. The van der Waals surface area contributed by atoms with E-state index in [1.807, 2.05) is 47.4 Å². The molecule has 2 amide bonds. The molecule has 1 heterocycles. The molecule has 3 N–H and O–H groups in total. The van der Waals surface area contributed by atoms with Crippen LogP contribution in [0.4, 0.5) is 4.79 Å². The van der Waals surface area contributed by atoms with Crippen molar-refractivity contribution in [1.82, 2.24) is 10.2 Å². The Morgan fingerprint density at radius 3 is 2.42 bits per heavy atom. The fourth-order valence-corrected chi connectivity index (χ4v) is 4.20. The van der Waals surface area contributed by atoms with Gasteiger partial charge in [0, 0.05) is 12.0 Å². The van der Waals surface area contributed by atoms with E-state index in [0.29, 0.717) is 13.1 Å². The van der Waals surface area contributed by atoms with Crippen LogP contribution in [0.1, 0.15) is 24.0 Å². The molecule has 26 heavy (non-hydrogen) atoms. The van der Waals surface area contributed by atoms with Crippen molar-refractivity contribution in [1.29, 1.82) is 0 Å². The second-order valence-electron chi connectivity index (χ2n) is 7.28. The second-order valence-corrected chi connectivity index (χ2v) is 7.28. The first-order valence-corrected chi connectivity index (χ1v) is 9.12. The molecule has 0 aromatic heterocycles. The van der Waals surface area contributed by atoms with Crippen molar-refractivity contribution in [3.8, 4) is 5.75 Å². The third-order valence-corrected chi connectivity index (χ3v) is 5.92. The highest BCUT2D eigenvalue weighted by Crippen LogP contribution is 2.56. The highest BCUT2D eigenvalue weighted by atomic mass is 16.5. The predicted octanol–water partition coefficient (Wildman–Crippen LogP) is 2.65. The van der Waals surface area contributed by atoms with E-state index in [4.69, 9.17) is 10.5 Å². The number of benzene rings is 2. The van der Waals surface area contributed by atoms with Crippen LogP contribution >= 0.6 is 0 Å². The van der Waals surface area contributed by atoms with Crippen molar-refractivity contribution in [2.45, 2.75) is 30.3 Å². The molecule has 2 aliphatic rings. The van der Waals surface area contributed by atoms with Crippen LogP contribution in [0.15, 0.2) is 54.6 Å². The number of carbonyl (C=O) groups excluding carboxylic acids is 1. The summed E-state index contributed by atoms with van der Waals surface area (Å²) < 4.78 is 5.20. The number of rotatable bonds is 6. The van der Waals surface area contributed by atoms with E-state index in [-0.39, 0.29) is 11.4 Å². The molecule has 1 aliphatic carbocycles. The average Bonchev–Trinajstić information content (AvgIpc) is 3.45. The van der Waals surface area contributed by atoms with Gasteiger partial charge in [-0.15, -0.1) is 0 Å². The minimum Gasteiger partial charge on any atom is -0.497 e. The molecule has 2 aromatic carbocycles. The Hall–Kier alpha value is -2.53. The first-order valence-electron chi connectivity index (χ1n) is 9.12. The molecule has 1 aliphatic heterocycles. The largest absolute Gasteiger partial charge is 0.497 e. The van der Waals surface area contributed by atoms with Crippen molar-refractivity contribution in [3.63, 3.8) is 0 Å². The van der Waals surface area contributed by atoms with Crippen LogP contribution in [0, 0.1) is 0 Å². The number of nitrogens with one attached hydrogen (secondary N) is 1. The zero-order chi connectivity index (χ0) is 18.2. The second kappa shape index (κ2) is 6.32. The Morgan fingerprint density at radius 2 is 1.81 bits per heavy atom. The first kappa shape index (κ1) is 16.9. The lowest BCUT2D eigenvalue weighted by Crippen LogP contribution is -2.63. The zero-order valence-electron chi connectivity index (χ0n) is 15.1. The predicted molar refractivity (Wildman–Crippen MR) is 101 cm³/mol. The normalized spacial score (nSPS) is 23.6. The average molecular weight is 351 g/mol. The maximum atomic E-state index is 12.5. The Morgan fingerprint density at radius 1 is 1.12 bits per heavy atom. The maximum Gasteiger partial charge on any atom is 0.319 e. The Bertz CT molecular complexity index is 787. The summed E-state index contributed by atoms with van der Waals surface area (Å²) in [6.07, 6.45) is 2.80. The molecule has 5 nitrogen and oxygen atoms in total. The summed E-state index contributed by atoms with van der Waals surface area (Å²) in [6, 6.07) is 18.3. The van der Waals surface area contributed by atoms with Crippen LogP contribution in [0.5, 0.6) is 5.75 Å². The van der Waals surface area contributed by atoms with Crippen LogP contribution in [-0.2, 0) is 11.8 Å². The summed E-state index contributed by atoms with van der Waals surface area (Å²) in [5, 5.41) is 2.97. The summed E-state index contributed by atoms with van der Waals surface area (Å²) in [6.45, 7) is 1.09. The van der Waals surface area contributed by atoms with Gasteiger partial charge < -0.3 is 20.7 Å². The molecular formula is C21H25N3O2. The topological polar surface area (TPSA) is 67.6 Å². The van der Waals surface area contributed by atoms with Crippen LogP contribution < -0.4 is 15.8 Å². The van der Waals surface area contributed by atoms with Gasteiger partial charge >= 0.3 is 6.03 Å². The number of amides is 2. The van der Waals surface area contributed by atoms with Gasteiger partial charge in [-0.25, -0.2) is 4.79 Å². The Kier molecular flexibility index (Phi) is 4.11. The molecular weight excluding hydrogens is 326 g/mol. The summed E-state index contributed by atoms with van der Waals surface area (Å²) in [4.78, 5) is 14.4. The lowest BCUT2D eigenvalue weighted by molar-refractivity contribution is 0.127. The maximum absolute atomic E-state index is 12.5. The molecule has 1 saturated carbocycles. The van der Waals surface area contributed by atoms with Gasteiger partial charge in [0.1, 0.15) is 11.4 Å². The van der Waals surface area contributed by atoms with E-state index < -0.39 is 5.66 Å². The molecule has 2 fully saturated rings. The quantitative estimate of drug-likeness (QED) is 0.841. The molecule has 1 saturated heterocycles. The van der Waals surface area contributed by atoms with E-state index in [1.54, 1.807) is 7.11 Å². The van der Waals surface area contributed by atoms with Crippen LogP contribution in [0.2, 0.25) is 0 Å². The van der Waals surface area contributed by atoms with Gasteiger partial charge in [0.15, 0.2) is 0 Å². The van der Waals surface area contributed by atoms with E-state index in [1.165, 1.54) is 5.56 Å². The fourth-order valence-electron chi connectivity index (χ4n) is 4.20. The van der Waals surface area contributed by atoms with Crippen molar-refractivity contribution < 1.29 is 9.53 Å². The monoisotopic (exact) mass is 351 g/mol. The number of nitrogens with two attached hydrogens (primary N) is 1. The van der Waals surface area contributed by atoms with Gasteiger partial charge in [-0.05, 0) is 42.5 Å². The molecule has 4 rings (SSSR count). The molecule has 2 aromatic rings. The van der Waals surface area contributed by atoms with E-state index >= 15 is 0 Å². The Labute approximate surface area is 154 Å². The van der Waals surface area contributed by atoms with Gasteiger partial charge in [-0.2, -0.15) is 0 Å². The fraction of sp³-hybridized carbons (Fsp3) is 0.381. The smallest absolute Gasteiger partial charge is 0.319 e. The van der Waals surface area contributed by atoms with Crippen molar-refractivity contribution in [2.24, 2.45) is 5.73 Å². The summed E-state index contributed by atoms with van der Waals surface area (Å²) >= 11 is 0. The number of methoxy groups -OCH3 is 1. The first-order chi connectivity index (χ1) is 12.6. The molecule has 0 bridgehead atoms. The summed E-state index contributed by atoms with van der Waals surface area (Å²) in [7, 11) is 1.66. The van der Waals surface area contributed by atoms with E-state index in [2.05, 4.69) is 17.4 Å². The third kappa shape index (κ3) is 2.63. The number of hydrogen-bond acceptors (Lipinski definition) is 3. The number of nitrogens with zero attached hydrogens (tertiary/aromatic N) is 1. The number of carbonyl (C=O) groups is 1. The molecule has 136 valence electrons. The number of ether oxygens (including phenoxy) is 1. The van der Waals surface area contributed by atoms with Crippen molar-refractivity contribution in [3.05, 3.63) is 65.7 Å². The molecule has 0 radical (unpaired) electrons. The number of hydrogen-bond donors (Lipinski definition) is 2. The SMILES string of the molecule is COc1ccc(CCN2C(=O)NCC2(N)C2(c3ccccc3)CC2)cc1. The highest BCUT2D eigenvalue weighted by molar-refractivity contribution is 5.78. The van der Waals surface area contributed by atoms with Crippen LogP contribution in [0.3, 0.4) is 0 Å². The Balaban J connectivity index is 1.55. The van der Waals surface area contributed by atoms with Gasteiger partial charge in [-0.1, -0.05) is 42.5 Å². The highest BCUT2D eigenvalue weighted by Gasteiger charge is 2.64. The van der Waals surface area contributed by atoms with Crippen molar-refractivity contribution >= 4 is 6.03 Å².